The van der Waals surface area contributed by atoms with Gasteiger partial charge in [-0.2, -0.15) is 0 Å². The molecular weight excluding hydrogens is 270 g/mol. The smallest absolute Gasteiger partial charge is 0.276 e. The number of pyridine rings is 1. The van der Waals surface area contributed by atoms with Crippen molar-refractivity contribution in [1.82, 2.24) is 9.88 Å². The van der Waals surface area contributed by atoms with Crippen molar-refractivity contribution in [3.05, 3.63) is 22.2 Å². The summed E-state index contributed by atoms with van der Waals surface area (Å²) in [6, 6.07) is 3.42. The second kappa shape index (κ2) is 6.71. The van der Waals surface area contributed by atoms with Gasteiger partial charge in [-0.15, -0.1) is 0 Å². The molecule has 2 heterocycles. The Morgan fingerprint density at radius 3 is 2.71 bits per heavy atom. The minimum atomic E-state index is -0.367. The van der Waals surface area contributed by atoms with E-state index in [2.05, 4.69) is 27.1 Å². The molecule has 0 spiro atoms. The SMILES string of the molecule is CCNc1cc([N+](=O)[O-])cc(N(C)C2CCN(C)CC2)n1. The van der Waals surface area contributed by atoms with Crippen LogP contribution in [0, 0.1) is 10.1 Å². The van der Waals surface area contributed by atoms with Crippen LogP contribution in [0.2, 0.25) is 0 Å². The maximum Gasteiger partial charge on any atom is 0.276 e. The molecule has 21 heavy (non-hydrogen) atoms. The Bertz CT molecular complexity index is 500. The summed E-state index contributed by atoms with van der Waals surface area (Å²) in [5, 5.41) is 14.1. The third-order valence-electron chi connectivity index (χ3n) is 3.96. The van der Waals surface area contributed by atoms with Gasteiger partial charge in [0.2, 0.25) is 0 Å². The number of hydrogen-bond donors (Lipinski definition) is 1. The average molecular weight is 293 g/mol. The molecule has 116 valence electrons. The van der Waals surface area contributed by atoms with E-state index in [9.17, 15) is 10.1 Å². The van der Waals surface area contributed by atoms with E-state index in [1.54, 1.807) is 6.07 Å². The van der Waals surface area contributed by atoms with Crippen LogP contribution in [0.25, 0.3) is 0 Å². The molecule has 1 fully saturated rings. The second-order valence-electron chi connectivity index (χ2n) is 5.50. The van der Waals surface area contributed by atoms with Crippen molar-refractivity contribution in [3.8, 4) is 0 Å². The number of hydrogen-bond acceptors (Lipinski definition) is 6. The van der Waals surface area contributed by atoms with Crippen molar-refractivity contribution in [2.24, 2.45) is 0 Å². The van der Waals surface area contributed by atoms with Crippen LogP contribution in [0.3, 0.4) is 0 Å². The molecule has 1 saturated heterocycles. The number of nitrogens with zero attached hydrogens (tertiary/aromatic N) is 4. The van der Waals surface area contributed by atoms with Gasteiger partial charge in [-0.3, -0.25) is 10.1 Å². The van der Waals surface area contributed by atoms with E-state index in [0.717, 1.165) is 25.9 Å². The molecule has 0 unspecified atom stereocenters. The van der Waals surface area contributed by atoms with Crippen molar-refractivity contribution < 1.29 is 4.92 Å². The molecule has 1 N–H and O–H groups in total. The van der Waals surface area contributed by atoms with Gasteiger partial charge in [0.15, 0.2) is 0 Å². The lowest BCUT2D eigenvalue weighted by Gasteiger charge is -2.35. The third-order valence-corrected chi connectivity index (χ3v) is 3.96. The molecule has 1 aliphatic rings. The van der Waals surface area contributed by atoms with Gasteiger partial charge in [0.25, 0.3) is 5.69 Å². The number of nitro groups is 1. The number of likely N-dealkylation sites (tertiary alicyclic amines) is 1. The highest BCUT2D eigenvalue weighted by atomic mass is 16.6. The van der Waals surface area contributed by atoms with E-state index in [1.165, 1.54) is 6.07 Å². The predicted molar refractivity (Wildman–Crippen MR) is 84.0 cm³/mol. The molecule has 0 saturated carbocycles. The minimum Gasteiger partial charge on any atom is -0.370 e. The fourth-order valence-electron chi connectivity index (χ4n) is 2.63. The van der Waals surface area contributed by atoms with Crippen LogP contribution in [0.5, 0.6) is 0 Å². The van der Waals surface area contributed by atoms with Gasteiger partial charge in [-0.25, -0.2) is 4.98 Å². The second-order valence-corrected chi connectivity index (χ2v) is 5.50. The Morgan fingerprint density at radius 2 is 2.14 bits per heavy atom. The monoisotopic (exact) mass is 293 g/mol. The van der Waals surface area contributed by atoms with Crippen molar-refractivity contribution in [3.63, 3.8) is 0 Å². The lowest BCUT2D eigenvalue weighted by Crippen LogP contribution is -2.42. The first-order valence-corrected chi connectivity index (χ1v) is 7.33. The molecule has 7 nitrogen and oxygen atoms in total. The standard InChI is InChI=1S/C14H23N5O2/c1-4-15-13-9-12(19(20)21)10-14(16-13)18(3)11-5-7-17(2)8-6-11/h9-11H,4-8H2,1-3H3,(H,15,16). The van der Waals surface area contributed by atoms with Crippen LogP contribution >= 0.6 is 0 Å². The molecule has 0 aromatic carbocycles. The fraction of sp³-hybridized carbons (Fsp3) is 0.643. The Balaban J connectivity index is 2.22. The normalized spacial score (nSPS) is 16.7. The highest BCUT2D eigenvalue weighted by molar-refractivity contribution is 5.56. The van der Waals surface area contributed by atoms with Gasteiger partial charge in [-0.1, -0.05) is 0 Å². The Labute approximate surface area is 125 Å². The quantitative estimate of drug-likeness (QED) is 0.660. The third kappa shape index (κ3) is 3.81. The van der Waals surface area contributed by atoms with Gasteiger partial charge in [0, 0.05) is 19.6 Å². The molecular formula is C14H23N5O2. The van der Waals surface area contributed by atoms with E-state index in [-0.39, 0.29) is 10.6 Å². The number of anilines is 2. The maximum absolute atomic E-state index is 11.1. The topological polar surface area (TPSA) is 74.5 Å². The molecule has 1 aromatic rings. The number of aromatic nitrogens is 1. The fourth-order valence-corrected chi connectivity index (χ4v) is 2.63. The van der Waals surface area contributed by atoms with Crippen LogP contribution in [-0.2, 0) is 0 Å². The molecule has 1 aliphatic heterocycles. The van der Waals surface area contributed by atoms with Gasteiger partial charge in [-0.05, 0) is 39.9 Å². The van der Waals surface area contributed by atoms with Crippen LogP contribution in [-0.4, -0.2) is 54.6 Å². The Hall–Kier alpha value is -1.89. The summed E-state index contributed by atoms with van der Waals surface area (Å²) >= 11 is 0. The molecule has 0 bridgehead atoms. The molecule has 0 amide bonds. The molecule has 7 heteroatoms. The summed E-state index contributed by atoms with van der Waals surface area (Å²) in [6.07, 6.45) is 2.10. The van der Waals surface area contributed by atoms with Gasteiger partial charge >= 0.3 is 0 Å². The van der Waals surface area contributed by atoms with Crippen LogP contribution in [0.1, 0.15) is 19.8 Å². The summed E-state index contributed by atoms with van der Waals surface area (Å²) < 4.78 is 0. The van der Waals surface area contributed by atoms with E-state index in [0.29, 0.717) is 24.2 Å². The average Bonchev–Trinajstić information content (AvgIpc) is 2.47. The number of rotatable bonds is 5. The van der Waals surface area contributed by atoms with E-state index in [1.807, 2.05) is 14.0 Å². The predicted octanol–water partition coefficient (Wildman–Crippen LogP) is 1.95. The molecule has 2 rings (SSSR count). The minimum absolute atomic E-state index is 0.0794. The molecule has 0 aliphatic carbocycles. The summed E-state index contributed by atoms with van der Waals surface area (Å²) in [4.78, 5) is 19.6. The Morgan fingerprint density at radius 1 is 1.48 bits per heavy atom. The van der Waals surface area contributed by atoms with Crippen LogP contribution in [0.15, 0.2) is 12.1 Å². The van der Waals surface area contributed by atoms with Crippen LogP contribution < -0.4 is 10.2 Å². The highest BCUT2D eigenvalue weighted by Crippen LogP contribution is 2.26. The maximum atomic E-state index is 11.1. The zero-order valence-electron chi connectivity index (χ0n) is 12.9. The van der Waals surface area contributed by atoms with E-state index in [4.69, 9.17) is 0 Å². The summed E-state index contributed by atoms with van der Waals surface area (Å²) in [5.74, 6) is 1.22. The summed E-state index contributed by atoms with van der Waals surface area (Å²) in [7, 11) is 4.09. The van der Waals surface area contributed by atoms with Gasteiger partial charge in [0.1, 0.15) is 11.6 Å². The lowest BCUT2D eigenvalue weighted by atomic mass is 10.0. The zero-order valence-corrected chi connectivity index (χ0v) is 12.9. The first-order chi connectivity index (χ1) is 10.0. The summed E-state index contributed by atoms with van der Waals surface area (Å²) in [6.45, 7) is 4.72. The zero-order chi connectivity index (χ0) is 15.4. The van der Waals surface area contributed by atoms with Crippen molar-refractivity contribution in [1.29, 1.82) is 0 Å². The first-order valence-electron chi connectivity index (χ1n) is 7.33. The highest BCUT2D eigenvalue weighted by Gasteiger charge is 2.23. The molecule has 1 aromatic heterocycles. The van der Waals surface area contributed by atoms with Gasteiger partial charge in [0.05, 0.1) is 17.1 Å². The van der Waals surface area contributed by atoms with Crippen LogP contribution in [0.4, 0.5) is 17.3 Å². The number of piperidine rings is 1. The lowest BCUT2D eigenvalue weighted by molar-refractivity contribution is -0.384. The Kier molecular flexibility index (Phi) is 4.95. The van der Waals surface area contributed by atoms with Crippen molar-refractivity contribution in [2.75, 3.05) is 43.9 Å². The van der Waals surface area contributed by atoms with Crippen molar-refractivity contribution in [2.45, 2.75) is 25.8 Å². The number of nitrogens with one attached hydrogen (secondary N) is 1. The largest absolute Gasteiger partial charge is 0.370 e. The summed E-state index contributed by atoms with van der Waals surface area (Å²) in [5.41, 5.74) is 0.0794. The van der Waals surface area contributed by atoms with E-state index < -0.39 is 0 Å². The molecule has 0 radical (unpaired) electrons. The van der Waals surface area contributed by atoms with E-state index >= 15 is 0 Å². The van der Waals surface area contributed by atoms with Crippen molar-refractivity contribution >= 4 is 17.3 Å². The molecule has 0 atom stereocenters. The van der Waals surface area contributed by atoms with Gasteiger partial charge < -0.3 is 15.1 Å². The first kappa shape index (κ1) is 15.5.